The number of nitrogens with one attached hydrogen (secondary N) is 2. The van der Waals surface area contributed by atoms with Crippen molar-refractivity contribution in [3.05, 3.63) is 58.6 Å². The van der Waals surface area contributed by atoms with E-state index in [4.69, 9.17) is 16.7 Å². The molecule has 0 bridgehead atoms. The number of amides is 2. The number of anilines is 1. The van der Waals surface area contributed by atoms with Crippen molar-refractivity contribution in [3.8, 4) is 0 Å². The lowest BCUT2D eigenvalue weighted by molar-refractivity contribution is 0.251. The number of aliphatic hydroxyl groups excluding tert-OH is 1. The van der Waals surface area contributed by atoms with Gasteiger partial charge in [-0.25, -0.2) is 14.2 Å². The molecule has 1 aromatic heterocycles. The summed E-state index contributed by atoms with van der Waals surface area (Å²) in [6, 6.07) is 6.99. The number of aromatic nitrogens is 1. The third-order valence-electron chi connectivity index (χ3n) is 2.72. The quantitative estimate of drug-likeness (QED) is 0.760. The van der Waals surface area contributed by atoms with Crippen molar-refractivity contribution in [2.45, 2.75) is 13.2 Å². The summed E-state index contributed by atoms with van der Waals surface area (Å²) in [5, 5.41) is 14.5. The molecule has 0 aliphatic carbocycles. The highest BCUT2D eigenvalue weighted by molar-refractivity contribution is 6.29. The van der Waals surface area contributed by atoms with E-state index in [1.165, 1.54) is 30.5 Å². The minimum Gasteiger partial charge on any atom is -0.392 e. The molecule has 2 aromatic rings. The second-order valence-corrected chi connectivity index (χ2v) is 4.65. The van der Waals surface area contributed by atoms with Gasteiger partial charge in [0.15, 0.2) is 0 Å². The van der Waals surface area contributed by atoms with Gasteiger partial charge in [0.1, 0.15) is 11.0 Å². The SMILES string of the molecule is O=C(NCc1ccc(F)c(CO)c1)Nc1ccnc(Cl)c1. The van der Waals surface area contributed by atoms with Crippen LogP contribution in [0.5, 0.6) is 0 Å². The molecule has 5 nitrogen and oxygen atoms in total. The van der Waals surface area contributed by atoms with Crippen LogP contribution in [0, 0.1) is 5.82 Å². The molecular weight excluding hydrogens is 297 g/mol. The van der Waals surface area contributed by atoms with Crippen molar-refractivity contribution >= 4 is 23.3 Å². The van der Waals surface area contributed by atoms with E-state index >= 15 is 0 Å². The monoisotopic (exact) mass is 309 g/mol. The van der Waals surface area contributed by atoms with Crippen molar-refractivity contribution in [3.63, 3.8) is 0 Å². The molecule has 0 atom stereocenters. The predicted molar refractivity (Wildman–Crippen MR) is 77.4 cm³/mol. The van der Waals surface area contributed by atoms with E-state index in [0.717, 1.165) is 0 Å². The fraction of sp³-hybridized carbons (Fsp3) is 0.143. The fourth-order valence-corrected chi connectivity index (χ4v) is 1.87. The number of aliphatic hydroxyl groups is 1. The van der Waals surface area contributed by atoms with Gasteiger partial charge in [-0.05, 0) is 29.8 Å². The van der Waals surface area contributed by atoms with E-state index in [-0.39, 0.29) is 23.9 Å². The molecule has 0 aliphatic rings. The molecule has 110 valence electrons. The van der Waals surface area contributed by atoms with Gasteiger partial charge >= 0.3 is 6.03 Å². The fourth-order valence-electron chi connectivity index (χ4n) is 1.70. The number of carbonyl (C=O) groups excluding carboxylic acids is 1. The number of urea groups is 1. The van der Waals surface area contributed by atoms with Crippen LogP contribution in [0.4, 0.5) is 14.9 Å². The van der Waals surface area contributed by atoms with E-state index in [9.17, 15) is 9.18 Å². The number of nitrogens with zero attached hydrogens (tertiary/aromatic N) is 1. The van der Waals surface area contributed by atoms with Gasteiger partial charge in [-0.3, -0.25) is 0 Å². The Morgan fingerprint density at radius 3 is 2.86 bits per heavy atom. The highest BCUT2D eigenvalue weighted by atomic mass is 35.5. The number of hydrogen-bond acceptors (Lipinski definition) is 3. The first-order valence-electron chi connectivity index (χ1n) is 6.13. The summed E-state index contributed by atoms with van der Waals surface area (Å²) in [6.07, 6.45) is 1.48. The zero-order valence-electron chi connectivity index (χ0n) is 10.9. The summed E-state index contributed by atoms with van der Waals surface area (Å²) < 4.78 is 13.2. The Morgan fingerprint density at radius 1 is 1.33 bits per heavy atom. The Hall–Kier alpha value is -2.18. The van der Waals surface area contributed by atoms with E-state index in [2.05, 4.69) is 15.6 Å². The molecule has 1 aromatic carbocycles. The van der Waals surface area contributed by atoms with E-state index in [1.807, 2.05) is 0 Å². The van der Waals surface area contributed by atoms with Crippen LogP contribution in [0.1, 0.15) is 11.1 Å². The van der Waals surface area contributed by atoms with Gasteiger partial charge in [0.05, 0.1) is 6.61 Å². The lowest BCUT2D eigenvalue weighted by atomic mass is 10.1. The van der Waals surface area contributed by atoms with Gasteiger partial charge in [0.2, 0.25) is 0 Å². The molecule has 0 spiro atoms. The second kappa shape index (κ2) is 7.01. The van der Waals surface area contributed by atoms with Crippen molar-refractivity contribution in [2.24, 2.45) is 0 Å². The average molecular weight is 310 g/mol. The molecular formula is C14H13ClFN3O2. The maximum Gasteiger partial charge on any atom is 0.319 e. The Balaban J connectivity index is 1.92. The molecule has 21 heavy (non-hydrogen) atoms. The van der Waals surface area contributed by atoms with Gasteiger partial charge in [-0.1, -0.05) is 17.7 Å². The number of carbonyl (C=O) groups is 1. The van der Waals surface area contributed by atoms with Crippen LogP contribution < -0.4 is 10.6 Å². The third-order valence-corrected chi connectivity index (χ3v) is 2.92. The standard InChI is InChI=1S/C14H13ClFN3O2/c15-13-6-11(3-4-17-13)19-14(21)18-7-9-1-2-12(16)10(5-9)8-20/h1-6,20H,7-8H2,(H2,17,18,19,21). The minimum absolute atomic E-state index is 0.190. The summed E-state index contributed by atoms with van der Waals surface area (Å²) in [5.74, 6) is -0.475. The van der Waals surface area contributed by atoms with Gasteiger partial charge in [0.25, 0.3) is 0 Å². The van der Waals surface area contributed by atoms with Gasteiger partial charge in [0, 0.05) is 24.0 Å². The average Bonchev–Trinajstić information content (AvgIpc) is 2.46. The van der Waals surface area contributed by atoms with Crippen LogP contribution in [0.2, 0.25) is 5.15 Å². The molecule has 0 saturated carbocycles. The van der Waals surface area contributed by atoms with Crippen molar-refractivity contribution in [2.75, 3.05) is 5.32 Å². The van der Waals surface area contributed by atoms with Crippen molar-refractivity contribution < 1.29 is 14.3 Å². The van der Waals surface area contributed by atoms with Gasteiger partial charge in [-0.2, -0.15) is 0 Å². The summed E-state index contributed by atoms with van der Waals surface area (Å²) in [7, 11) is 0. The largest absolute Gasteiger partial charge is 0.392 e. The molecule has 0 fully saturated rings. The highest BCUT2D eigenvalue weighted by Crippen LogP contribution is 2.12. The van der Waals surface area contributed by atoms with E-state index in [1.54, 1.807) is 6.07 Å². The van der Waals surface area contributed by atoms with Crippen LogP contribution in [0.25, 0.3) is 0 Å². The Bertz CT molecular complexity index is 652. The molecule has 0 saturated heterocycles. The zero-order chi connectivity index (χ0) is 15.2. The summed E-state index contributed by atoms with van der Waals surface area (Å²) >= 11 is 5.71. The third kappa shape index (κ3) is 4.40. The minimum atomic E-state index is -0.475. The molecule has 2 amide bonds. The molecule has 1 heterocycles. The summed E-state index contributed by atoms with van der Waals surface area (Å²) in [4.78, 5) is 15.5. The number of benzene rings is 1. The first kappa shape index (κ1) is 15.2. The van der Waals surface area contributed by atoms with Crippen LogP contribution in [0.15, 0.2) is 36.5 Å². The first-order valence-corrected chi connectivity index (χ1v) is 6.51. The molecule has 0 aliphatic heterocycles. The zero-order valence-corrected chi connectivity index (χ0v) is 11.7. The predicted octanol–water partition coefficient (Wildman–Crippen LogP) is 2.69. The maximum atomic E-state index is 13.2. The van der Waals surface area contributed by atoms with Crippen LogP contribution >= 0.6 is 11.6 Å². The Kier molecular flexibility index (Phi) is 5.08. The highest BCUT2D eigenvalue weighted by Gasteiger charge is 2.05. The van der Waals surface area contributed by atoms with E-state index < -0.39 is 11.8 Å². The summed E-state index contributed by atoms with van der Waals surface area (Å²) in [5.41, 5.74) is 1.39. The first-order chi connectivity index (χ1) is 10.1. The van der Waals surface area contributed by atoms with Crippen molar-refractivity contribution in [1.29, 1.82) is 0 Å². The van der Waals surface area contributed by atoms with Crippen LogP contribution in [-0.2, 0) is 13.2 Å². The van der Waals surface area contributed by atoms with Gasteiger partial charge in [-0.15, -0.1) is 0 Å². The molecule has 2 rings (SSSR count). The topological polar surface area (TPSA) is 74.2 Å². The second-order valence-electron chi connectivity index (χ2n) is 4.26. The van der Waals surface area contributed by atoms with Crippen LogP contribution in [-0.4, -0.2) is 16.1 Å². The van der Waals surface area contributed by atoms with Crippen LogP contribution in [0.3, 0.4) is 0 Å². The number of hydrogen-bond donors (Lipinski definition) is 3. The Labute approximate surface area is 125 Å². The molecule has 3 N–H and O–H groups in total. The Morgan fingerprint density at radius 2 is 2.14 bits per heavy atom. The number of pyridine rings is 1. The molecule has 0 unspecified atom stereocenters. The molecule has 0 radical (unpaired) electrons. The number of rotatable bonds is 4. The number of halogens is 2. The smallest absolute Gasteiger partial charge is 0.319 e. The van der Waals surface area contributed by atoms with Crippen molar-refractivity contribution in [1.82, 2.24) is 10.3 Å². The lowest BCUT2D eigenvalue weighted by Crippen LogP contribution is -2.28. The van der Waals surface area contributed by atoms with Gasteiger partial charge < -0.3 is 15.7 Å². The molecule has 7 heteroatoms. The maximum absolute atomic E-state index is 13.2. The lowest BCUT2D eigenvalue weighted by Gasteiger charge is -2.09. The summed E-state index contributed by atoms with van der Waals surface area (Å²) in [6.45, 7) is -0.181. The van der Waals surface area contributed by atoms with E-state index in [0.29, 0.717) is 11.3 Å². The normalized spacial score (nSPS) is 10.2.